The molecular formula is C13H16N4. The minimum atomic E-state index is 0.414. The predicted molar refractivity (Wildman–Crippen MR) is 65.5 cm³/mol. The number of nitrogens with one attached hydrogen (secondary N) is 2. The summed E-state index contributed by atoms with van der Waals surface area (Å²) in [6.07, 6.45) is 5.90. The predicted octanol–water partition coefficient (Wildman–Crippen LogP) is 2.02. The number of imidazole rings is 1. The quantitative estimate of drug-likeness (QED) is 0.785. The van der Waals surface area contributed by atoms with Crippen LogP contribution >= 0.6 is 0 Å². The van der Waals surface area contributed by atoms with Crippen LogP contribution in [0.15, 0.2) is 18.3 Å². The molecule has 2 N–H and O–H groups in total. The van der Waals surface area contributed by atoms with Gasteiger partial charge in [0.25, 0.3) is 0 Å². The number of rotatable bonds is 1. The van der Waals surface area contributed by atoms with Gasteiger partial charge in [0.15, 0.2) is 5.65 Å². The van der Waals surface area contributed by atoms with Crippen molar-refractivity contribution in [3.8, 4) is 0 Å². The van der Waals surface area contributed by atoms with Crippen LogP contribution in [0.1, 0.15) is 31.1 Å². The van der Waals surface area contributed by atoms with Crippen LogP contribution in [-0.2, 0) is 0 Å². The summed E-state index contributed by atoms with van der Waals surface area (Å²) in [5, 5.41) is 3.61. The molecule has 2 aliphatic rings. The number of pyridine rings is 1. The summed E-state index contributed by atoms with van der Waals surface area (Å²) in [5.41, 5.74) is 1.89. The molecule has 4 nitrogen and oxygen atoms in total. The first-order chi connectivity index (χ1) is 8.42. The topological polar surface area (TPSA) is 53.6 Å². The van der Waals surface area contributed by atoms with Gasteiger partial charge < -0.3 is 10.3 Å². The molecule has 1 saturated carbocycles. The number of hydrogen-bond acceptors (Lipinski definition) is 3. The first kappa shape index (κ1) is 9.59. The van der Waals surface area contributed by atoms with Gasteiger partial charge in [-0.3, -0.25) is 0 Å². The molecule has 4 heteroatoms. The minimum Gasteiger partial charge on any atom is -0.339 e. The monoisotopic (exact) mass is 228 g/mol. The number of fused-ring (bicyclic) bond motifs is 2. The van der Waals surface area contributed by atoms with Crippen molar-refractivity contribution in [3.05, 3.63) is 24.2 Å². The van der Waals surface area contributed by atoms with Crippen LogP contribution in [0.25, 0.3) is 11.2 Å². The van der Waals surface area contributed by atoms with E-state index in [0.717, 1.165) is 35.4 Å². The molecule has 1 saturated heterocycles. The molecule has 88 valence electrons. The second-order valence-corrected chi connectivity index (χ2v) is 5.24. The van der Waals surface area contributed by atoms with Gasteiger partial charge >= 0.3 is 0 Å². The summed E-state index contributed by atoms with van der Waals surface area (Å²) in [6.45, 7) is 1.15. The van der Waals surface area contributed by atoms with Crippen molar-refractivity contribution in [2.45, 2.75) is 25.3 Å². The smallest absolute Gasteiger partial charge is 0.177 e. The maximum Gasteiger partial charge on any atom is 0.177 e. The number of hydrogen-bond donors (Lipinski definition) is 2. The zero-order valence-electron chi connectivity index (χ0n) is 9.69. The van der Waals surface area contributed by atoms with E-state index in [-0.39, 0.29) is 0 Å². The Morgan fingerprint density at radius 2 is 2.29 bits per heavy atom. The summed E-state index contributed by atoms with van der Waals surface area (Å²) < 4.78 is 0. The van der Waals surface area contributed by atoms with Gasteiger partial charge in [-0.2, -0.15) is 0 Å². The highest BCUT2D eigenvalue weighted by Gasteiger charge is 2.40. The van der Waals surface area contributed by atoms with Gasteiger partial charge in [-0.1, -0.05) is 6.42 Å². The van der Waals surface area contributed by atoms with Crippen LogP contribution in [0.5, 0.6) is 0 Å². The van der Waals surface area contributed by atoms with Crippen LogP contribution in [-0.4, -0.2) is 21.5 Å². The normalized spacial score (nSPS) is 32.1. The molecule has 1 aliphatic heterocycles. The van der Waals surface area contributed by atoms with Gasteiger partial charge in [-0.05, 0) is 43.4 Å². The fourth-order valence-corrected chi connectivity index (χ4v) is 3.50. The van der Waals surface area contributed by atoms with E-state index in [9.17, 15) is 0 Å². The lowest BCUT2D eigenvalue weighted by Gasteiger charge is -2.15. The molecule has 0 radical (unpaired) electrons. The molecule has 2 aromatic heterocycles. The standard InChI is InChI=1S/C13H16N4/c1-3-8-7-15-11(9(8)4-1)13-16-10-5-2-6-14-12(10)17-13/h2,5-6,8-9,11,15H,1,3-4,7H2,(H,14,16,17). The summed E-state index contributed by atoms with van der Waals surface area (Å²) >= 11 is 0. The Bertz CT molecular complexity index is 514. The largest absolute Gasteiger partial charge is 0.339 e. The van der Waals surface area contributed by atoms with Crippen molar-refractivity contribution in [1.29, 1.82) is 0 Å². The molecule has 3 heterocycles. The molecule has 3 unspecified atom stereocenters. The second kappa shape index (κ2) is 3.53. The maximum atomic E-state index is 4.63. The lowest BCUT2D eigenvalue weighted by Crippen LogP contribution is -2.19. The van der Waals surface area contributed by atoms with Crippen LogP contribution < -0.4 is 5.32 Å². The van der Waals surface area contributed by atoms with Gasteiger partial charge in [0, 0.05) is 6.20 Å². The number of aromatic amines is 1. The molecule has 0 spiro atoms. The van der Waals surface area contributed by atoms with E-state index >= 15 is 0 Å². The van der Waals surface area contributed by atoms with Crippen LogP contribution in [0.3, 0.4) is 0 Å². The fourth-order valence-electron chi connectivity index (χ4n) is 3.50. The molecule has 0 bridgehead atoms. The van der Waals surface area contributed by atoms with Crippen LogP contribution in [0, 0.1) is 11.8 Å². The van der Waals surface area contributed by atoms with E-state index in [4.69, 9.17) is 0 Å². The molecule has 0 aromatic carbocycles. The number of nitrogens with zero attached hydrogens (tertiary/aromatic N) is 2. The van der Waals surface area contributed by atoms with Gasteiger partial charge in [0.1, 0.15) is 5.82 Å². The Balaban J connectivity index is 1.74. The molecule has 2 fully saturated rings. The Morgan fingerprint density at radius 1 is 1.29 bits per heavy atom. The first-order valence-corrected chi connectivity index (χ1v) is 6.46. The Hall–Kier alpha value is -1.42. The molecule has 1 aliphatic carbocycles. The minimum absolute atomic E-state index is 0.414. The van der Waals surface area contributed by atoms with E-state index in [0.29, 0.717) is 6.04 Å². The zero-order valence-corrected chi connectivity index (χ0v) is 9.69. The summed E-state index contributed by atoms with van der Waals surface area (Å²) in [6, 6.07) is 4.40. The van der Waals surface area contributed by atoms with Crippen LogP contribution in [0.2, 0.25) is 0 Å². The molecule has 4 rings (SSSR count). The maximum absolute atomic E-state index is 4.63. The molecule has 2 aromatic rings. The van der Waals surface area contributed by atoms with Crippen molar-refractivity contribution in [1.82, 2.24) is 20.3 Å². The third-order valence-corrected chi connectivity index (χ3v) is 4.32. The number of H-pyrrole nitrogens is 1. The average molecular weight is 228 g/mol. The van der Waals surface area contributed by atoms with Gasteiger partial charge in [-0.15, -0.1) is 0 Å². The van der Waals surface area contributed by atoms with Crippen molar-refractivity contribution in [3.63, 3.8) is 0 Å². The molecule has 3 atom stereocenters. The zero-order chi connectivity index (χ0) is 11.2. The summed E-state index contributed by atoms with van der Waals surface area (Å²) in [7, 11) is 0. The third kappa shape index (κ3) is 1.40. The lowest BCUT2D eigenvalue weighted by atomic mass is 9.94. The second-order valence-electron chi connectivity index (χ2n) is 5.24. The van der Waals surface area contributed by atoms with Gasteiger partial charge in [0.2, 0.25) is 0 Å². The van der Waals surface area contributed by atoms with Crippen molar-refractivity contribution >= 4 is 11.2 Å². The van der Waals surface area contributed by atoms with E-state index in [2.05, 4.69) is 20.3 Å². The van der Waals surface area contributed by atoms with E-state index < -0.39 is 0 Å². The average Bonchev–Trinajstić information content (AvgIpc) is 3.02. The summed E-state index contributed by atoms with van der Waals surface area (Å²) in [5.74, 6) is 2.71. The Labute approximate surface area is 99.9 Å². The molecular weight excluding hydrogens is 212 g/mol. The van der Waals surface area contributed by atoms with E-state index in [1.807, 2.05) is 12.1 Å². The third-order valence-electron chi connectivity index (χ3n) is 4.32. The van der Waals surface area contributed by atoms with E-state index in [1.54, 1.807) is 6.20 Å². The van der Waals surface area contributed by atoms with Crippen molar-refractivity contribution in [2.75, 3.05) is 6.54 Å². The molecule has 17 heavy (non-hydrogen) atoms. The lowest BCUT2D eigenvalue weighted by molar-refractivity contribution is 0.410. The number of aromatic nitrogens is 3. The summed E-state index contributed by atoms with van der Waals surface area (Å²) in [4.78, 5) is 12.3. The molecule has 0 amide bonds. The Kier molecular flexibility index (Phi) is 1.99. The SMILES string of the molecule is c1cnc2nc(C3NCC4CCCC43)[nH]c2c1. The van der Waals surface area contributed by atoms with Gasteiger partial charge in [-0.25, -0.2) is 9.97 Å². The van der Waals surface area contributed by atoms with Crippen molar-refractivity contribution in [2.24, 2.45) is 11.8 Å². The highest BCUT2D eigenvalue weighted by molar-refractivity contribution is 5.70. The Morgan fingerprint density at radius 3 is 3.24 bits per heavy atom. The first-order valence-electron chi connectivity index (χ1n) is 6.46. The highest BCUT2D eigenvalue weighted by atomic mass is 15.1. The van der Waals surface area contributed by atoms with Gasteiger partial charge in [0.05, 0.1) is 11.6 Å². The highest BCUT2D eigenvalue weighted by Crippen LogP contribution is 2.43. The fraction of sp³-hybridized carbons (Fsp3) is 0.538. The van der Waals surface area contributed by atoms with Crippen LogP contribution in [0.4, 0.5) is 0 Å². The van der Waals surface area contributed by atoms with Crippen molar-refractivity contribution < 1.29 is 0 Å². The van der Waals surface area contributed by atoms with E-state index in [1.165, 1.54) is 19.3 Å².